The maximum atomic E-state index is 12.9. The van der Waals surface area contributed by atoms with Crippen molar-refractivity contribution in [3.05, 3.63) is 60.4 Å². The predicted octanol–water partition coefficient (Wildman–Crippen LogP) is 3.86. The number of benzene rings is 2. The second-order valence-corrected chi connectivity index (χ2v) is 5.63. The molecule has 0 bridgehead atoms. The molecule has 1 heterocycles. The minimum Gasteiger partial charge on any atom is -0.426 e. The molecule has 0 amide bonds. The average Bonchev–Trinajstić information content (AvgIpc) is 3.12. The lowest BCUT2D eigenvalue weighted by atomic mass is 10.1. The van der Waals surface area contributed by atoms with Gasteiger partial charge >= 0.3 is 12.3 Å². The van der Waals surface area contributed by atoms with Crippen LogP contribution in [-0.4, -0.2) is 27.0 Å². The number of rotatable bonds is 6. The van der Waals surface area contributed by atoms with Crippen LogP contribution in [0.15, 0.2) is 54.9 Å². The lowest BCUT2D eigenvalue weighted by Crippen LogP contribution is -2.41. The molecule has 0 aliphatic rings. The molecule has 3 aromatic rings. The van der Waals surface area contributed by atoms with Crippen molar-refractivity contribution >= 4 is 0 Å². The fraction of sp³-hybridized carbons (Fsp3) is 0.176. The molecule has 3 rings (SSSR count). The third-order valence-corrected chi connectivity index (χ3v) is 3.63. The number of ether oxygens (including phenoxy) is 1. The van der Waals surface area contributed by atoms with Gasteiger partial charge in [-0.25, -0.2) is 15.6 Å². The van der Waals surface area contributed by atoms with Crippen molar-refractivity contribution < 1.29 is 31.5 Å². The Morgan fingerprint density at radius 1 is 0.929 bits per heavy atom. The predicted molar refractivity (Wildman–Crippen MR) is 87.4 cm³/mol. The van der Waals surface area contributed by atoms with Gasteiger partial charge in [0.15, 0.2) is 5.82 Å². The van der Waals surface area contributed by atoms with E-state index < -0.39 is 18.0 Å². The van der Waals surface area contributed by atoms with Crippen molar-refractivity contribution in [3.63, 3.8) is 0 Å². The van der Waals surface area contributed by atoms with Crippen molar-refractivity contribution in [3.8, 4) is 22.8 Å². The van der Waals surface area contributed by atoms with E-state index in [4.69, 9.17) is 5.90 Å². The highest BCUT2D eigenvalue weighted by atomic mass is 19.4. The minimum atomic E-state index is -5.81. The van der Waals surface area contributed by atoms with Crippen molar-refractivity contribution in [2.45, 2.75) is 18.9 Å². The summed E-state index contributed by atoms with van der Waals surface area (Å²) >= 11 is 0. The Bertz CT molecular complexity index is 924. The standard InChI is InChI=1S/C17H13F5N4O2/c18-16(19,20)17(21,22)28-14-7-5-13(6-8-14)26-10-24-15(25-26)12-3-1-11(2-4-12)9-27-23/h1-8,10H,9,23H2. The lowest BCUT2D eigenvalue weighted by molar-refractivity contribution is -0.360. The fourth-order valence-corrected chi connectivity index (χ4v) is 2.24. The first kappa shape index (κ1) is 19.7. The molecule has 1 aromatic heterocycles. The van der Waals surface area contributed by atoms with E-state index in [1.54, 1.807) is 24.3 Å². The van der Waals surface area contributed by atoms with Crippen LogP contribution in [0.25, 0.3) is 17.1 Å². The monoisotopic (exact) mass is 400 g/mol. The van der Waals surface area contributed by atoms with E-state index in [1.807, 2.05) is 0 Å². The van der Waals surface area contributed by atoms with Crippen LogP contribution in [-0.2, 0) is 11.4 Å². The van der Waals surface area contributed by atoms with Gasteiger partial charge in [0.2, 0.25) is 0 Å². The molecule has 0 radical (unpaired) electrons. The zero-order chi connectivity index (χ0) is 20.4. The molecule has 2 N–H and O–H groups in total. The van der Waals surface area contributed by atoms with E-state index in [-0.39, 0.29) is 6.61 Å². The number of halogens is 5. The van der Waals surface area contributed by atoms with Crippen molar-refractivity contribution in [2.75, 3.05) is 0 Å². The summed E-state index contributed by atoms with van der Waals surface area (Å²) in [5, 5.41) is 4.25. The third-order valence-electron chi connectivity index (χ3n) is 3.63. The summed E-state index contributed by atoms with van der Waals surface area (Å²) < 4.78 is 67.5. The van der Waals surface area contributed by atoms with Crippen LogP contribution in [0.1, 0.15) is 5.56 Å². The topological polar surface area (TPSA) is 75.2 Å². The second-order valence-electron chi connectivity index (χ2n) is 5.63. The van der Waals surface area contributed by atoms with E-state index in [2.05, 4.69) is 19.7 Å². The molecule has 28 heavy (non-hydrogen) atoms. The van der Waals surface area contributed by atoms with Crippen LogP contribution in [0.5, 0.6) is 5.75 Å². The molecule has 0 atom stereocenters. The van der Waals surface area contributed by atoms with Gasteiger partial charge in [-0.2, -0.15) is 22.0 Å². The van der Waals surface area contributed by atoms with E-state index >= 15 is 0 Å². The molecule has 0 unspecified atom stereocenters. The minimum absolute atomic E-state index is 0.254. The Labute approximate surface area is 155 Å². The van der Waals surface area contributed by atoms with Gasteiger partial charge in [0, 0.05) is 5.56 Å². The Balaban J connectivity index is 1.75. The van der Waals surface area contributed by atoms with Crippen LogP contribution in [0.2, 0.25) is 0 Å². The number of hydrogen-bond donors (Lipinski definition) is 1. The van der Waals surface area contributed by atoms with Crippen molar-refractivity contribution in [1.82, 2.24) is 14.8 Å². The van der Waals surface area contributed by atoms with E-state index in [0.717, 1.165) is 17.7 Å². The molecule has 2 aromatic carbocycles. The van der Waals surface area contributed by atoms with Crippen molar-refractivity contribution in [1.29, 1.82) is 0 Å². The maximum Gasteiger partial charge on any atom is 0.499 e. The highest BCUT2D eigenvalue weighted by Gasteiger charge is 2.61. The quantitative estimate of drug-likeness (QED) is 0.502. The third kappa shape index (κ3) is 4.26. The zero-order valence-electron chi connectivity index (χ0n) is 14.0. The Kier molecular flexibility index (Phi) is 5.29. The van der Waals surface area contributed by atoms with Gasteiger partial charge in [0.05, 0.1) is 12.3 Å². The first-order chi connectivity index (χ1) is 13.2. The summed E-state index contributed by atoms with van der Waals surface area (Å²) in [7, 11) is 0. The molecule has 6 nitrogen and oxygen atoms in total. The number of nitrogens with zero attached hydrogens (tertiary/aromatic N) is 3. The molecule has 0 saturated heterocycles. The summed E-state index contributed by atoms with van der Waals surface area (Å²) in [6.45, 7) is 0.254. The molecule has 0 spiro atoms. The van der Waals surface area contributed by atoms with Gasteiger partial charge in [0.1, 0.15) is 12.1 Å². The van der Waals surface area contributed by atoms with Gasteiger partial charge in [-0.3, -0.25) is 4.84 Å². The highest BCUT2D eigenvalue weighted by molar-refractivity contribution is 5.55. The Morgan fingerprint density at radius 3 is 2.14 bits per heavy atom. The van der Waals surface area contributed by atoms with Gasteiger partial charge in [-0.05, 0) is 29.8 Å². The van der Waals surface area contributed by atoms with Gasteiger partial charge in [-0.1, -0.05) is 24.3 Å². The molecular weight excluding hydrogens is 387 g/mol. The van der Waals surface area contributed by atoms with Crippen LogP contribution >= 0.6 is 0 Å². The van der Waals surface area contributed by atoms with Crippen molar-refractivity contribution in [2.24, 2.45) is 5.90 Å². The smallest absolute Gasteiger partial charge is 0.426 e. The van der Waals surface area contributed by atoms with Crippen LogP contribution < -0.4 is 10.6 Å². The number of hydrogen-bond acceptors (Lipinski definition) is 5. The maximum absolute atomic E-state index is 12.9. The number of aromatic nitrogens is 3. The average molecular weight is 400 g/mol. The van der Waals surface area contributed by atoms with E-state index in [9.17, 15) is 22.0 Å². The molecule has 11 heteroatoms. The van der Waals surface area contributed by atoms with Crippen LogP contribution in [0.3, 0.4) is 0 Å². The molecule has 0 aliphatic carbocycles. The van der Waals surface area contributed by atoms with Gasteiger partial charge in [-0.15, -0.1) is 5.10 Å². The zero-order valence-corrected chi connectivity index (χ0v) is 14.0. The molecule has 0 fully saturated rings. The summed E-state index contributed by atoms with van der Waals surface area (Å²) in [5.74, 6) is 4.77. The second kappa shape index (κ2) is 7.52. The van der Waals surface area contributed by atoms with Gasteiger partial charge < -0.3 is 4.74 Å². The summed E-state index contributed by atoms with van der Waals surface area (Å²) in [5.41, 5.74) is 1.97. The molecule has 148 valence electrons. The van der Waals surface area contributed by atoms with E-state index in [1.165, 1.54) is 23.1 Å². The summed E-state index contributed by atoms with van der Waals surface area (Å²) in [4.78, 5) is 8.69. The SMILES string of the molecule is NOCc1ccc(-c2ncn(-c3ccc(OC(F)(F)C(F)(F)F)cc3)n2)cc1. The number of alkyl halides is 5. The fourth-order valence-electron chi connectivity index (χ4n) is 2.24. The number of nitrogens with two attached hydrogens (primary N) is 1. The normalized spacial score (nSPS) is 12.2. The van der Waals surface area contributed by atoms with Crippen LogP contribution in [0, 0.1) is 0 Å². The van der Waals surface area contributed by atoms with Gasteiger partial charge in [0.25, 0.3) is 0 Å². The van der Waals surface area contributed by atoms with Crippen LogP contribution in [0.4, 0.5) is 22.0 Å². The first-order valence-corrected chi connectivity index (χ1v) is 7.76. The van der Waals surface area contributed by atoms with E-state index in [0.29, 0.717) is 17.1 Å². The highest BCUT2D eigenvalue weighted by Crippen LogP contribution is 2.37. The Hall–Kier alpha value is -3.05. The largest absolute Gasteiger partial charge is 0.499 e. The molecule has 0 aliphatic heterocycles. The first-order valence-electron chi connectivity index (χ1n) is 7.76. The molecular formula is C17H13F5N4O2. The lowest BCUT2D eigenvalue weighted by Gasteiger charge is -2.20. The molecule has 0 saturated carbocycles. The summed E-state index contributed by atoms with van der Waals surface area (Å²) in [6.07, 6.45) is -9.71. The summed E-state index contributed by atoms with van der Waals surface area (Å²) in [6, 6.07) is 11.6. The Morgan fingerprint density at radius 2 is 1.57 bits per heavy atom.